The zero-order valence-corrected chi connectivity index (χ0v) is 9.15. The molecule has 82 valence electrons. The van der Waals surface area contributed by atoms with Gasteiger partial charge >= 0.3 is 0 Å². The Morgan fingerprint density at radius 2 is 2.07 bits per heavy atom. The van der Waals surface area contributed by atoms with E-state index >= 15 is 0 Å². The Morgan fingerprint density at radius 3 is 2.73 bits per heavy atom. The van der Waals surface area contributed by atoms with Crippen LogP contribution < -0.4 is 0 Å². The van der Waals surface area contributed by atoms with Crippen molar-refractivity contribution in [3.05, 3.63) is 47.5 Å². The summed E-state index contributed by atoms with van der Waals surface area (Å²) in [6.45, 7) is 3.41. The molecule has 0 aliphatic carbocycles. The van der Waals surface area contributed by atoms with Crippen LogP contribution in [0.1, 0.15) is 18.9 Å². The maximum atomic E-state index is 8.76. The molecule has 0 aliphatic rings. The number of hydrogen-bond donors (Lipinski definition) is 1. The predicted octanol–water partition coefficient (Wildman–Crippen LogP) is 2.53. The lowest BCUT2D eigenvalue weighted by Gasteiger charge is -2.02. The van der Waals surface area contributed by atoms with Gasteiger partial charge in [0.1, 0.15) is 0 Å². The number of benzene rings is 1. The average molecular weight is 206 g/mol. The van der Waals surface area contributed by atoms with Crippen LogP contribution in [0.4, 0.5) is 0 Å². The van der Waals surface area contributed by atoms with Crippen LogP contribution in [0.5, 0.6) is 0 Å². The lowest BCUT2D eigenvalue weighted by atomic mass is 10.2. The standard InChI is InChI=1S/C13H18O2/c1-12(10-14)6-5-9-15-11-13-7-3-2-4-8-13/h2-4,6-8,14H,5,9-11H2,1H3/b12-6+. The molecule has 0 aromatic heterocycles. The maximum Gasteiger partial charge on any atom is 0.0717 e. The summed E-state index contributed by atoms with van der Waals surface area (Å²) in [6.07, 6.45) is 2.87. The third kappa shape index (κ3) is 5.35. The molecule has 0 unspecified atom stereocenters. The first-order chi connectivity index (χ1) is 7.33. The van der Waals surface area contributed by atoms with Crippen LogP contribution in [-0.4, -0.2) is 18.3 Å². The quantitative estimate of drug-likeness (QED) is 0.572. The summed E-state index contributed by atoms with van der Waals surface area (Å²) in [5, 5.41) is 8.76. The van der Waals surface area contributed by atoms with Crippen molar-refractivity contribution in [2.24, 2.45) is 0 Å². The second kappa shape index (κ2) is 7.21. The van der Waals surface area contributed by atoms with Crippen LogP contribution >= 0.6 is 0 Å². The molecule has 2 heteroatoms. The monoisotopic (exact) mass is 206 g/mol. The highest BCUT2D eigenvalue weighted by atomic mass is 16.5. The highest BCUT2D eigenvalue weighted by Gasteiger charge is 1.91. The van der Waals surface area contributed by atoms with E-state index in [1.54, 1.807) is 0 Å². The van der Waals surface area contributed by atoms with Gasteiger partial charge in [-0.3, -0.25) is 0 Å². The summed E-state index contributed by atoms with van der Waals surface area (Å²) in [4.78, 5) is 0. The fourth-order valence-corrected chi connectivity index (χ4v) is 1.22. The van der Waals surface area contributed by atoms with Crippen LogP contribution in [0.15, 0.2) is 42.0 Å². The van der Waals surface area contributed by atoms with Gasteiger partial charge < -0.3 is 9.84 Å². The molecule has 1 aromatic carbocycles. The molecule has 1 rings (SSSR count). The van der Waals surface area contributed by atoms with Gasteiger partial charge in [0.25, 0.3) is 0 Å². The minimum absolute atomic E-state index is 0.138. The van der Waals surface area contributed by atoms with E-state index in [0.717, 1.165) is 12.0 Å². The molecule has 0 heterocycles. The van der Waals surface area contributed by atoms with Crippen molar-refractivity contribution >= 4 is 0 Å². The largest absolute Gasteiger partial charge is 0.392 e. The number of aliphatic hydroxyl groups excluding tert-OH is 1. The normalized spacial score (nSPS) is 11.7. The van der Waals surface area contributed by atoms with Gasteiger partial charge in [0.15, 0.2) is 0 Å². The van der Waals surface area contributed by atoms with E-state index in [1.165, 1.54) is 5.56 Å². The molecule has 15 heavy (non-hydrogen) atoms. The fourth-order valence-electron chi connectivity index (χ4n) is 1.22. The van der Waals surface area contributed by atoms with E-state index in [9.17, 15) is 0 Å². The lowest BCUT2D eigenvalue weighted by molar-refractivity contribution is 0.125. The van der Waals surface area contributed by atoms with Gasteiger partial charge in [-0.2, -0.15) is 0 Å². The van der Waals surface area contributed by atoms with Crippen molar-refractivity contribution in [1.29, 1.82) is 0 Å². The average Bonchev–Trinajstić information content (AvgIpc) is 2.29. The van der Waals surface area contributed by atoms with Gasteiger partial charge in [-0.15, -0.1) is 0 Å². The Balaban J connectivity index is 2.13. The van der Waals surface area contributed by atoms with Crippen LogP contribution in [-0.2, 0) is 11.3 Å². The minimum Gasteiger partial charge on any atom is -0.392 e. The summed E-state index contributed by atoms with van der Waals surface area (Å²) in [6, 6.07) is 10.1. The van der Waals surface area contributed by atoms with Crippen molar-refractivity contribution < 1.29 is 9.84 Å². The SMILES string of the molecule is C/C(=C\CCOCc1ccccc1)CO. The third-order valence-corrected chi connectivity index (χ3v) is 2.12. The number of ether oxygens (including phenoxy) is 1. The summed E-state index contributed by atoms with van der Waals surface area (Å²) in [5.41, 5.74) is 2.19. The highest BCUT2D eigenvalue weighted by molar-refractivity contribution is 5.13. The van der Waals surface area contributed by atoms with Gasteiger partial charge in [-0.05, 0) is 18.9 Å². The molecule has 0 saturated heterocycles. The van der Waals surface area contributed by atoms with E-state index in [1.807, 2.05) is 31.2 Å². The van der Waals surface area contributed by atoms with Crippen molar-refractivity contribution in [3.63, 3.8) is 0 Å². The fraction of sp³-hybridized carbons (Fsp3) is 0.385. The zero-order valence-electron chi connectivity index (χ0n) is 9.15. The van der Waals surface area contributed by atoms with E-state index in [0.29, 0.717) is 13.2 Å². The Morgan fingerprint density at radius 1 is 1.33 bits per heavy atom. The van der Waals surface area contributed by atoms with Gasteiger partial charge in [0, 0.05) is 0 Å². The Bertz CT molecular complexity index is 291. The van der Waals surface area contributed by atoms with E-state index in [-0.39, 0.29) is 6.61 Å². The first-order valence-electron chi connectivity index (χ1n) is 5.21. The zero-order chi connectivity index (χ0) is 10.9. The van der Waals surface area contributed by atoms with Crippen LogP contribution in [0.3, 0.4) is 0 Å². The molecule has 0 amide bonds. The first-order valence-corrected chi connectivity index (χ1v) is 5.21. The van der Waals surface area contributed by atoms with Crippen LogP contribution in [0.25, 0.3) is 0 Å². The van der Waals surface area contributed by atoms with Crippen molar-refractivity contribution in [1.82, 2.24) is 0 Å². The van der Waals surface area contributed by atoms with Crippen molar-refractivity contribution in [3.8, 4) is 0 Å². The van der Waals surface area contributed by atoms with Gasteiger partial charge in [-0.1, -0.05) is 42.0 Å². The Hall–Kier alpha value is -1.12. The van der Waals surface area contributed by atoms with E-state index < -0.39 is 0 Å². The number of aliphatic hydroxyl groups is 1. The Kier molecular flexibility index (Phi) is 5.74. The molecule has 0 saturated carbocycles. The summed E-state index contributed by atoms with van der Waals surface area (Å²) in [7, 11) is 0. The summed E-state index contributed by atoms with van der Waals surface area (Å²) in [5.74, 6) is 0. The number of hydrogen-bond acceptors (Lipinski definition) is 2. The summed E-state index contributed by atoms with van der Waals surface area (Å²) >= 11 is 0. The van der Waals surface area contributed by atoms with Crippen LogP contribution in [0, 0.1) is 0 Å². The third-order valence-electron chi connectivity index (χ3n) is 2.12. The molecule has 1 aromatic rings. The molecule has 0 atom stereocenters. The van der Waals surface area contributed by atoms with Gasteiger partial charge in [0.05, 0.1) is 19.8 Å². The molecule has 0 spiro atoms. The van der Waals surface area contributed by atoms with E-state index in [2.05, 4.69) is 12.1 Å². The number of rotatable bonds is 6. The maximum absolute atomic E-state index is 8.76. The molecule has 0 fully saturated rings. The van der Waals surface area contributed by atoms with E-state index in [4.69, 9.17) is 9.84 Å². The lowest BCUT2D eigenvalue weighted by Crippen LogP contribution is -1.95. The molecule has 0 bridgehead atoms. The minimum atomic E-state index is 0.138. The molecule has 2 nitrogen and oxygen atoms in total. The molecular weight excluding hydrogens is 188 g/mol. The molecule has 1 N–H and O–H groups in total. The highest BCUT2D eigenvalue weighted by Crippen LogP contribution is 2.01. The predicted molar refractivity (Wildman–Crippen MR) is 61.6 cm³/mol. The van der Waals surface area contributed by atoms with Crippen LogP contribution in [0.2, 0.25) is 0 Å². The smallest absolute Gasteiger partial charge is 0.0717 e. The molecule has 0 radical (unpaired) electrons. The molecular formula is C13H18O2. The van der Waals surface area contributed by atoms with Crippen molar-refractivity contribution in [2.75, 3.05) is 13.2 Å². The van der Waals surface area contributed by atoms with Gasteiger partial charge in [0.2, 0.25) is 0 Å². The second-order valence-electron chi connectivity index (χ2n) is 3.54. The topological polar surface area (TPSA) is 29.5 Å². The first kappa shape index (κ1) is 12.0. The van der Waals surface area contributed by atoms with Crippen molar-refractivity contribution in [2.45, 2.75) is 20.0 Å². The second-order valence-corrected chi connectivity index (χ2v) is 3.54. The van der Waals surface area contributed by atoms with Gasteiger partial charge in [-0.25, -0.2) is 0 Å². The summed E-state index contributed by atoms with van der Waals surface area (Å²) < 4.78 is 5.49. The molecule has 0 aliphatic heterocycles. The Labute approximate surface area is 91.2 Å².